The van der Waals surface area contributed by atoms with E-state index in [1.54, 1.807) is 24.3 Å². The van der Waals surface area contributed by atoms with E-state index in [-0.39, 0.29) is 11.9 Å². The monoisotopic (exact) mass is 277 g/mol. The number of fused-ring (bicyclic) bond motifs is 2. The van der Waals surface area contributed by atoms with E-state index in [1.807, 2.05) is 0 Å². The number of hydrogen-bond donors (Lipinski definition) is 1. The number of carbonyl (C=O) groups excluding carboxylic acids is 1. The van der Waals surface area contributed by atoms with Crippen LogP contribution in [0.5, 0.6) is 0 Å². The minimum absolute atomic E-state index is 0.0203. The molecular weight excluding hydrogens is 258 g/mol. The summed E-state index contributed by atoms with van der Waals surface area (Å²) in [6.45, 7) is 2.15. The maximum absolute atomic E-state index is 12.2. The molecule has 0 aromatic heterocycles. The maximum atomic E-state index is 12.2. The number of carbonyl (C=O) groups is 1. The zero-order chi connectivity index (χ0) is 13.4. The van der Waals surface area contributed by atoms with Crippen molar-refractivity contribution in [2.24, 2.45) is 17.8 Å². The van der Waals surface area contributed by atoms with Gasteiger partial charge in [-0.05, 0) is 68.2 Å². The number of halogens is 1. The summed E-state index contributed by atoms with van der Waals surface area (Å²) in [5.41, 5.74) is 0.694. The molecule has 1 aromatic rings. The molecular formula is C16H20ClNO. The molecule has 19 heavy (non-hydrogen) atoms. The summed E-state index contributed by atoms with van der Waals surface area (Å²) in [5.74, 6) is 2.46. The van der Waals surface area contributed by atoms with Gasteiger partial charge in [-0.2, -0.15) is 0 Å². The Morgan fingerprint density at radius 1 is 1.26 bits per heavy atom. The molecule has 0 aliphatic heterocycles. The lowest BCUT2D eigenvalue weighted by Gasteiger charge is -2.28. The van der Waals surface area contributed by atoms with Crippen LogP contribution < -0.4 is 5.32 Å². The van der Waals surface area contributed by atoms with E-state index in [9.17, 15) is 4.79 Å². The molecule has 2 aliphatic carbocycles. The molecule has 2 bridgehead atoms. The molecule has 2 nitrogen and oxygen atoms in total. The first-order chi connectivity index (χ1) is 9.13. The van der Waals surface area contributed by atoms with Gasteiger partial charge in [0.1, 0.15) is 0 Å². The fourth-order valence-corrected chi connectivity index (χ4v) is 4.03. The Kier molecular flexibility index (Phi) is 3.53. The highest BCUT2D eigenvalue weighted by Gasteiger charge is 2.42. The minimum atomic E-state index is 0.0203. The van der Waals surface area contributed by atoms with Crippen molar-refractivity contribution >= 4 is 17.5 Å². The predicted octanol–water partition coefficient (Wildman–Crippen LogP) is 3.89. The van der Waals surface area contributed by atoms with Crippen molar-refractivity contribution < 1.29 is 4.79 Å². The Labute approximate surface area is 119 Å². The molecule has 2 fully saturated rings. The summed E-state index contributed by atoms with van der Waals surface area (Å²) in [6.07, 6.45) is 5.44. The van der Waals surface area contributed by atoms with Gasteiger partial charge >= 0.3 is 0 Å². The molecule has 2 saturated carbocycles. The standard InChI is InChI=1S/C16H20ClNO/c1-10(15-9-11-2-3-13(15)8-11)18-16(19)12-4-6-14(17)7-5-12/h4-7,10-11,13,15H,2-3,8-9H2,1H3,(H,18,19)/t10-,11+,13+,15-/m0/s1. The molecule has 0 saturated heterocycles. The zero-order valence-electron chi connectivity index (χ0n) is 11.2. The fraction of sp³-hybridized carbons (Fsp3) is 0.562. The Morgan fingerprint density at radius 3 is 2.58 bits per heavy atom. The van der Waals surface area contributed by atoms with Gasteiger partial charge in [0.25, 0.3) is 5.91 Å². The lowest BCUT2D eigenvalue weighted by molar-refractivity contribution is 0.0915. The largest absolute Gasteiger partial charge is 0.349 e. The van der Waals surface area contributed by atoms with Gasteiger partial charge in [0.2, 0.25) is 0 Å². The van der Waals surface area contributed by atoms with Crippen molar-refractivity contribution in [3.05, 3.63) is 34.9 Å². The van der Waals surface area contributed by atoms with Crippen molar-refractivity contribution in [2.45, 2.75) is 38.6 Å². The van der Waals surface area contributed by atoms with Crippen molar-refractivity contribution in [1.29, 1.82) is 0 Å². The summed E-state index contributed by atoms with van der Waals surface area (Å²) in [5, 5.41) is 3.82. The predicted molar refractivity (Wildman–Crippen MR) is 77.3 cm³/mol. The van der Waals surface area contributed by atoms with E-state index in [0.29, 0.717) is 16.5 Å². The zero-order valence-corrected chi connectivity index (χ0v) is 12.0. The van der Waals surface area contributed by atoms with E-state index < -0.39 is 0 Å². The van der Waals surface area contributed by atoms with Crippen LogP contribution in [0.1, 0.15) is 43.0 Å². The van der Waals surface area contributed by atoms with E-state index in [0.717, 1.165) is 11.8 Å². The Hall–Kier alpha value is -1.02. The van der Waals surface area contributed by atoms with Gasteiger partial charge in [0.15, 0.2) is 0 Å². The van der Waals surface area contributed by atoms with Crippen LogP contribution in [0, 0.1) is 17.8 Å². The average molecular weight is 278 g/mol. The second kappa shape index (κ2) is 5.16. The normalized spacial score (nSPS) is 30.3. The van der Waals surface area contributed by atoms with Crippen LogP contribution in [0.2, 0.25) is 5.02 Å². The third-order valence-corrected chi connectivity index (χ3v) is 5.15. The van der Waals surface area contributed by atoms with Gasteiger partial charge in [-0.1, -0.05) is 18.0 Å². The fourth-order valence-electron chi connectivity index (χ4n) is 3.90. The number of hydrogen-bond acceptors (Lipinski definition) is 1. The van der Waals surface area contributed by atoms with Gasteiger partial charge in [0.05, 0.1) is 0 Å². The molecule has 3 heteroatoms. The van der Waals surface area contributed by atoms with Gasteiger partial charge < -0.3 is 5.32 Å². The Balaban J connectivity index is 1.61. The second-order valence-corrected chi connectivity index (χ2v) is 6.54. The highest BCUT2D eigenvalue weighted by atomic mass is 35.5. The van der Waals surface area contributed by atoms with Gasteiger partial charge in [-0.15, -0.1) is 0 Å². The van der Waals surface area contributed by atoms with Crippen LogP contribution in [-0.4, -0.2) is 11.9 Å². The van der Waals surface area contributed by atoms with Crippen LogP contribution in [0.25, 0.3) is 0 Å². The lowest BCUT2D eigenvalue weighted by atomic mass is 9.84. The maximum Gasteiger partial charge on any atom is 0.251 e. The van der Waals surface area contributed by atoms with Gasteiger partial charge in [0, 0.05) is 16.6 Å². The Bertz CT molecular complexity index is 470. The summed E-state index contributed by atoms with van der Waals surface area (Å²) in [6, 6.07) is 7.37. The summed E-state index contributed by atoms with van der Waals surface area (Å²) in [7, 11) is 0. The number of nitrogens with one attached hydrogen (secondary N) is 1. The van der Waals surface area contributed by atoms with Crippen LogP contribution in [-0.2, 0) is 0 Å². The molecule has 1 aromatic carbocycles. The van der Waals surface area contributed by atoms with E-state index in [4.69, 9.17) is 11.6 Å². The minimum Gasteiger partial charge on any atom is -0.349 e. The number of benzene rings is 1. The highest BCUT2D eigenvalue weighted by Crippen LogP contribution is 2.49. The third-order valence-electron chi connectivity index (χ3n) is 4.90. The smallest absolute Gasteiger partial charge is 0.251 e. The SMILES string of the molecule is C[C@H](NC(=O)c1ccc(Cl)cc1)[C@@H]1C[C@@H]2CC[C@@H]1C2. The first-order valence-corrected chi connectivity index (χ1v) is 7.57. The first-order valence-electron chi connectivity index (χ1n) is 7.20. The summed E-state index contributed by atoms with van der Waals surface area (Å²) < 4.78 is 0. The van der Waals surface area contributed by atoms with Crippen molar-refractivity contribution in [3.8, 4) is 0 Å². The van der Waals surface area contributed by atoms with Crippen LogP contribution in [0.4, 0.5) is 0 Å². The van der Waals surface area contributed by atoms with Gasteiger partial charge in [-0.3, -0.25) is 4.79 Å². The molecule has 4 atom stereocenters. The lowest BCUT2D eigenvalue weighted by Crippen LogP contribution is -2.40. The first kappa shape index (κ1) is 13.0. The summed E-state index contributed by atoms with van der Waals surface area (Å²) >= 11 is 5.84. The summed E-state index contributed by atoms with van der Waals surface area (Å²) in [4.78, 5) is 12.2. The van der Waals surface area contributed by atoms with E-state index in [1.165, 1.54) is 25.7 Å². The average Bonchev–Trinajstić information content (AvgIpc) is 3.01. The van der Waals surface area contributed by atoms with Crippen LogP contribution >= 0.6 is 11.6 Å². The molecule has 0 spiro atoms. The number of amides is 1. The van der Waals surface area contributed by atoms with Crippen LogP contribution in [0.3, 0.4) is 0 Å². The van der Waals surface area contributed by atoms with Crippen molar-refractivity contribution in [2.75, 3.05) is 0 Å². The highest BCUT2D eigenvalue weighted by molar-refractivity contribution is 6.30. The number of rotatable bonds is 3. The van der Waals surface area contributed by atoms with E-state index in [2.05, 4.69) is 12.2 Å². The molecule has 0 unspecified atom stereocenters. The Morgan fingerprint density at radius 2 is 2.00 bits per heavy atom. The molecule has 1 amide bonds. The second-order valence-electron chi connectivity index (χ2n) is 6.11. The quantitative estimate of drug-likeness (QED) is 0.892. The van der Waals surface area contributed by atoms with E-state index >= 15 is 0 Å². The van der Waals surface area contributed by atoms with Crippen LogP contribution in [0.15, 0.2) is 24.3 Å². The molecule has 102 valence electrons. The topological polar surface area (TPSA) is 29.1 Å². The van der Waals surface area contributed by atoms with Crippen molar-refractivity contribution in [1.82, 2.24) is 5.32 Å². The molecule has 2 aliphatic rings. The molecule has 0 heterocycles. The molecule has 3 rings (SSSR count). The molecule has 0 radical (unpaired) electrons. The molecule has 1 N–H and O–H groups in total. The van der Waals surface area contributed by atoms with Gasteiger partial charge in [-0.25, -0.2) is 0 Å². The third kappa shape index (κ3) is 2.64. The van der Waals surface area contributed by atoms with Crippen molar-refractivity contribution in [3.63, 3.8) is 0 Å².